The van der Waals surface area contributed by atoms with Crippen molar-refractivity contribution >= 4 is 0 Å². The zero-order valence-corrected chi connectivity index (χ0v) is 13.5. The first-order valence-corrected chi connectivity index (χ1v) is 7.91. The van der Waals surface area contributed by atoms with E-state index >= 15 is 0 Å². The maximum absolute atomic E-state index is 9.84. The molecule has 0 spiro atoms. The van der Waals surface area contributed by atoms with E-state index in [0.717, 1.165) is 13.0 Å². The Morgan fingerprint density at radius 1 is 1.33 bits per heavy atom. The van der Waals surface area contributed by atoms with Crippen LogP contribution in [0.5, 0.6) is 0 Å². The molecule has 6 heteroatoms. The Balaban J connectivity index is 2.06. The van der Waals surface area contributed by atoms with Crippen LogP contribution in [-0.2, 0) is 11.3 Å². The number of aromatic nitrogens is 2. The molecule has 0 amide bonds. The highest BCUT2D eigenvalue weighted by Crippen LogP contribution is 2.12. The molecule has 1 rings (SSSR count). The fourth-order valence-electron chi connectivity index (χ4n) is 2.09. The molecule has 0 saturated heterocycles. The number of hydrogen-bond acceptors (Lipinski definition) is 6. The van der Waals surface area contributed by atoms with E-state index < -0.39 is 6.10 Å². The van der Waals surface area contributed by atoms with Crippen molar-refractivity contribution in [2.45, 2.75) is 59.1 Å². The van der Waals surface area contributed by atoms with Crippen LogP contribution in [0.25, 0.3) is 0 Å². The fraction of sp³-hybridized carbons (Fsp3) is 0.867. The van der Waals surface area contributed by atoms with E-state index in [2.05, 4.69) is 29.3 Å². The van der Waals surface area contributed by atoms with Crippen LogP contribution in [0, 0.1) is 12.8 Å². The molecular formula is C15H29N3O3. The Kier molecular flexibility index (Phi) is 9.21. The molecule has 2 unspecified atom stereocenters. The average molecular weight is 299 g/mol. The topological polar surface area (TPSA) is 80.4 Å². The molecule has 0 radical (unpaired) electrons. The van der Waals surface area contributed by atoms with Gasteiger partial charge in [0, 0.05) is 20.1 Å². The Morgan fingerprint density at radius 2 is 2.14 bits per heavy atom. The lowest BCUT2D eigenvalue weighted by molar-refractivity contribution is 0.0192. The van der Waals surface area contributed by atoms with Gasteiger partial charge in [-0.25, -0.2) is 0 Å². The van der Waals surface area contributed by atoms with E-state index in [4.69, 9.17) is 9.26 Å². The first kappa shape index (κ1) is 18.1. The van der Waals surface area contributed by atoms with Gasteiger partial charge in [0.05, 0.1) is 19.3 Å². The van der Waals surface area contributed by atoms with E-state index in [-0.39, 0.29) is 0 Å². The van der Waals surface area contributed by atoms with Gasteiger partial charge in [-0.3, -0.25) is 0 Å². The van der Waals surface area contributed by atoms with Gasteiger partial charge < -0.3 is 19.7 Å². The fourth-order valence-corrected chi connectivity index (χ4v) is 2.09. The molecule has 1 aromatic rings. The number of rotatable bonds is 12. The van der Waals surface area contributed by atoms with E-state index in [1.807, 2.05) is 0 Å². The third-order valence-corrected chi connectivity index (χ3v) is 3.44. The van der Waals surface area contributed by atoms with Crippen molar-refractivity contribution in [3.63, 3.8) is 0 Å². The van der Waals surface area contributed by atoms with Crippen molar-refractivity contribution in [1.29, 1.82) is 0 Å². The quantitative estimate of drug-likeness (QED) is 0.615. The van der Waals surface area contributed by atoms with Crippen LogP contribution in [0.3, 0.4) is 0 Å². The number of aliphatic hydroxyl groups excluding tert-OH is 1. The van der Waals surface area contributed by atoms with Crippen LogP contribution in [-0.4, -0.2) is 41.1 Å². The van der Waals surface area contributed by atoms with Crippen molar-refractivity contribution in [2.75, 3.05) is 19.8 Å². The summed E-state index contributed by atoms with van der Waals surface area (Å²) >= 11 is 0. The number of ether oxygens (including phenoxy) is 1. The molecule has 0 aliphatic rings. The highest BCUT2D eigenvalue weighted by molar-refractivity contribution is 4.83. The van der Waals surface area contributed by atoms with E-state index in [1.165, 1.54) is 19.3 Å². The van der Waals surface area contributed by atoms with Crippen molar-refractivity contribution in [3.8, 4) is 0 Å². The van der Waals surface area contributed by atoms with Crippen LogP contribution < -0.4 is 5.32 Å². The molecule has 6 nitrogen and oxygen atoms in total. The molecule has 0 fully saturated rings. The highest BCUT2D eigenvalue weighted by Gasteiger charge is 2.09. The lowest BCUT2D eigenvalue weighted by Crippen LogP contribution is -2.31. The largest absolute Gasteiger partial charge is 0.389 e. The second-order valence-electron chi connectivity index (χ2n) is 5.47. The standard InChI is InChI=1S/C15H29N3O3/c1-4-6-7-13(5-2)10-20-11-14(19)8-16-9-15-17-12(3)21-18-15/h13-14,16,19H,4-11H2,1-3H3. The number of nitrogens with one attached hydrogen (secondary N) is 1. The number of hydrogen-bond donors (Lipinski definition) is 2. The lowest BCUT2D eigenvalue weighted by atomic mass is 10.0. The number of nitrogens with zero attached hydrogens (tertiary/aromatic N) is 2. The number of unbranched alkanes of at least 4 members (excludes halogenated alkanes) is 1. The van der Waals surface area contributed by atoms with Gasteiger partial charge >= 0.3 is 0 Å². The predicted molar refractivity (Wildman–Crippen MR) is 80.9 cm³/mol. The minimum atomic E-state index is -0.512. The molecule has 0 bridgehead atoms. The Hall–Kier alpha value is -0.980. The SMILES string of the molecule is CCCCC(CC)COCC(O)CNCc1noc(C)n1. The van der Waals surface area contributed by atoms with Crippen LogP contribution in [0.4, 0.5) is 0 Å². The molecule has 2 atom stereocenters. The summed E-state index contributed by atoms with van der Waals surface area (Å²) in [5, 5.41) is 16.7. The molecule has 1 aromatic heterocycles. The first-order valence-electron chi connectivity index (χ1n) is 7.91. The summed E-state index contributed by atoms with van der Waals surface area (Å²) in [5.74, 6) is 1.76. The maximum atomic E-state index is 9.84. The number of aliphatic hydroxyl groups is 1. The van der Waals surface area contributed by atoms with Crippen molar-refractivity contribution in [3.05, 3.63) is 11.7 Å². The van der Waals surface area contributed by atoms with Crippen molar-refractivity contribution < 1.29 is 14.4 Å². The van der Waals surface area contributed by atoms with Crippen LogP contribution in [0.1, 0.15) is 51.2 Å². The van der Waals surface area contributed by atoms with Gasteiger partial charge in [0.25, 0.3) is 0 Å². The van der Waals surface area contributed by atoms with Crippen molar-refractivity contribution in [2.24, 2.45) is 5.92 Å². The van der Waals surface area contributed by atoms with E-state index in [1.54, 1.807) is 6.92 Å². The van der Waals surface area contributed by atoms with Crippen LogP contribution in [0.2, 0.25) is 0 Å². The van der Waals surface area contributed by atoms with Crippen molar-refractivity contribution in [1.82, 2.24) is 15.5 Å². The second-order valence-corrected chi connectivity index (χ2v) is 5.47. The van der Waals surface area contributed by atoms with Gasteiger partial charge in [-0.1, -0.05) is 38.3 Å². The smallest absolute Gasteiger partial charge is 0.223 e. The third-order valence-electron chi connectivity index (χ3n) is 3.44. The van der Waals surface area contributed by atoms with Crippen LogP contribution in [0.15, 0.2) is 4.52 Å². The molecule has 122 valence electrons. The van der Waals surface area contributed by atoms with E-state index in [0.29, 0.717) is 37.3 Å². The maximum Gasteiger partial charge on any atom is 0.223 e. The van der Waals surface area contributed by atoms with Gasteiger partial charge in [0.1, 0.15) is 0 Å². The number of aryl methyl sites for hydroxylation is 1. The summed E-state index contributed by atoms with van der Waals surface area (Å²) < 4.78 is 10.5. The Labute approximate surface area is 127 Å². The Bertz CT molecular complexity index is 371. The molecule has 21 heavy (non-hydrogen) atoms. The first-order chi connectivity index (χ1) is 10.2. The predicted octanol–water partition coefficient (Wildman–Crippen LogP) is 2.06. The zero-order chi connectivity index (χ0) is 15.5. The van der Waals surface area contributed by atoms with Gasteiger partial charge in [0.15, 0.2) is 5.82 Å². The minimum absolute atomic E-state index is 0.362. The summed E-state index contributed by atoms with van der Waals surface area (Å²) in [6.45, 7) is 8.19. The summed E-state index contributed by atoms with van der Waals surface area (Å²) in [4.78, 5) is 4.08. The minimum Gasteiger partial charge on any atom is -0.389 e. The molecule has 0 aliphatic carbocycles. The van der Waals surface area contributed by atoms with Gasteiger partial charge in [-0.2, -0.15) is 4.98 Å². The zero-order valence-electron chi connectivity index (χ0n) is 13.5. The third kappa shape index (κ3) is 8.14. The summed E-state index contributed by atoms with van der Waals surface area (Å²) in [5.41, 5.74) is 0. The lowest BCUT2D eigenvalue weighted by Gasteiger charge is -2.17. The summed E-state index contributed by atoms with van der Waals surface area (Å²) in [6, 6.07) is 0. The molecule has 0 aromatic carbocycles. The molecule has 0 saturated carbocycles. The second kappa shape index (κ2) is 10.7. The monoisotopic (exact) mass is 299 g/mol. The van der Waals surface area contributed by atoms with Gasteiger partial charge in [0.2, 0.25) is 5.89 Å². The van der Waals surface area contributed by atoms with Gasteiger partial charge in [-0.15, -0.1) is 0 Å². The molecule has 2 N–H and O–H groups in total. The van der Waals surface area contributed by atoms with Gasteiger partial charge in [-0.05, 0) is 12.3 Å². The molecular weight excluding hydrogens is 270 g/mol. The normalized spacial score (nSPS) is 14.3. The molecule has 0 aliphatic heterocycles. The Morgan fingerprint density at radius 3 is 2.76 bits per heavy atom. The van der Waals surface area contributed by atoms with E-state index in [9.17, 15) is 5.11 Å². The summed E-state index contributed by atoms with van der Waals surface area (Å²) in [6.07, 6.45) is 4.29. The average Bonchev–Trinajstić information content (AvgIpc) is 2.88. The van der Waals surface area contributed by atoms with Crippen LogP contribution >= 0.6 is 0 Å². The highest BCUT2D eigenvalue weighted by atomic mass is 16.5. The molecule has 1 heterocycles. The summed E-state index contributed by atoms with van der Waals surface area (Å²) in [7, 11) is 0.